The molecule has 188 valence electrons. The number of aliphatic hydroxyl groups excluding tert-OH is 2. The number of Topliss-reactive ketones (excluding diaryl/α,β-unsaturated/α-hetero) is 1. The summed E-state index contributed by atoms with van der Waals surface area (Å²) in [6.45, 7) is 4.20. The van der Waals surface area contributed by atoms with E-state index in [9.17, 15) is 15.0 Å². The number of hydrogen-bond donors (Lipinski definition) is 2. The largest absolute Gasteiger partial charge is 0.498 e. The maximum absolute atomic E-state index is 13.4. The smallest absolute Gasteiger partial charge is 0.190 e. The standard InChI is InChI=1S/C27H27NO8/c1-10-14-15-16(20(31)23-22(35-23)19(15)30)26(34-10)27-13(9-32-11(2)17(14)27)18(29)21-24(36-21)25(27)28-33-8-12-6-4-3-5-7-12/h3-7,9-11,14,17-18,20-24,26,29,31H,8H2,1-2H3/b28-25+/t10-,11-,14?,17+,18-,20-,21+,22+,23+,24+,26+,27-/m0/s1. The number of ketones is 1. The molecular weight excluding hydrogens is 466 g/mol. The maximum atomic E-state index is 13.4. The van der Waals surface area contributed by atoms with Crippen LogP contribution in [-0.2, 0) is 35.2 Å². The fourth-order valence-electron chi connectivity index (χ4n) is 7.76. The van der Waals surface area contributed by atoms with Crippen molar-refractivity contribution >= 4 is 11.5 Å². The van der Waals surface area contributed by atoms with Crippen molar-refractivity contribution < 1.29 is 38.8 Å². The van der Waals surface area contributed by atoms with E-state index in [1.165, 1.54) is 0 Å². The molecule has 1 aromatic rings. The zero-order valence-corrected chi connectivity index (χ0v) is 19.8. The number of ether oxygens (including phenoxy) is 4. The number of benzene rings is 1. The summed E-state index contributed by atoms with van der Waals surface area (Å²) in [5, 5.41) is 27.3. The molecule has 0 radical (unpaired) electrons. The van der Waals surface area contributed by atoms with Gasteiger partial charge in [-0.25, -0.2) is 0 Å². The lowest BCUT2D eigenvalue weighted by atomic mass is 9.45. The molecule has 5 heterocycles. The fraction of sp³-hybridized carbons (Fsp3) is 0.556. The Balaban J connectivity index is 1.31. The van der Waals surface area contributed by atoms with Gasteiger partial charge in [0.25, 0.3) is 0 Å². The average molecular weight is 494 g/mol. The fourth-order valence-corrected chi connectivity index (χ4v) is 7.76. The molecular formula is C27H27NO8. The second kappa shape index (κ2) is 7.05. The van der Waals surface area contributed by atoms with E-state index in [2.05, 4.69) is 5.16 Å². The second-order valence-electron chi connectivity index (χ2n) is 11.0. The van der Waals surface area contributed by atoms with Crippen LogP contribution in [0.4, 0.5) is 0 Å². The normalized spacial score (nSPS) is 50.2. The molecule has 1 spiro atoms. The summed E-state index contributed by atoms with van der Waals surface area (Å²) in [5.74, 6) is -0.701. The van der Waals surface area contributed by atoms with Gasteiger partial charge in [-0.15, -0.1) is 0 Å². The third-order valence-electron chi connectivity index (χ3n) is 9.27. The van der Waals surface area contributed by atoms with Crippen LogP contribution >= 0.6 is 0 Å². The quantitative estimate of drug-likeness (QED) is 0.473. The van der Waals surface area contributed by atoms with Crippen molar-refractivity contribution in [3.05, 3.63) is 58.9 Å². The highest BCUT2D eigenvalue weighted by molar-refractivity contribution is 6.07. The van der Waals surface area contributed by atoms with E-state index < -0.39 is 48.1 Å². The molecule has 1 aromatic carbocycles. The van der Waals surface area contributed by atoms with Gasteiger partial charge in [0.1, 0.15) is 48.9 Å². The van der Waals surface area contributed by atoms with Crippen LogP contribution in [0.2, 0.25) is 0 Å². The number of carbonyl (C=O) groups is 1. The van der Waals surface area contributed by atoms with Crippen molar-refractivity contribution in [3.63, 3.8) is 0 Å². The summed E-state index contributed by atoms with van der Waals surface area (Å²) < 4.78 is 24.2. The van der Waals surface area contributed by atoms with E-state index in [1.54, 1.807) is 6.26 Å². The van der Waals surface area contributed by atoms with Crippen LogP contribution in [0.5, 0.6) is 0 Å². The molecule has 36 heavy (non-hydrogen) atoms. The van der Waals surface area contributed by atoms with Gasteiger partial charge in [0, 0.05) is 23.0 Å². The Morgan fingerprint density at radius 2 is 1.75 bits per heavy atom. The first kappa shape index (κ1) is 21.5. The lowest BCUT2D eigenvalue weighted by Crippen LogP contribution is -2.72. The van der Waals surface area contributed by atoms with Gasteiger partial charge >= 0.3 is 0 Å². The highest BCUT2D eigenvalue weighted by Crippen LogP contribution is 2.68. The molecule has 8 aliphatic rings. The molecule has 1 unspecified atom stereocenters. The predicted molar refractivity (Wildman–Crippen MR) is 122 cm³/mol. The number of carbonyl (C=O) groups excluding carboxylic acids is 1. The van der Waals surface area contributed by atoms with Crippen LogP contribution in [-0.4, -0.2) is 76.6 Å². The number of rotatable bonds is 3. The van der Waals surface area contributed by atoms with Gasteiger partial charge in [0.2, 0.25) is 0 Å². The number of oxime groups is 1. The van der Waals surface area contributed by atoms with Crippen LogP contribution in [0.1, 0.15) is 19.4 Å². The van der Waals surface area contributed by atoms with E-state index in [1.807, 2.05) is 44.2 Å². The van der Waals surface area contributed by atoms with Crippen LogP contribution in [0.3, 0.4) is 0 Å². The predicted octanol–water partition coefficient (Wildman–Crippen LogP) is 1.03. The van der Waals surface area contributed by atoms with Gasteiger partial charge in [0.15, 0.2) is 5.78 Å². The highest BCUT2D eigenvalue weighted by Gasteiger charge is 2.78. The molecule has 0 amide bonds. The second-order valence-corrected chi connectivity index (χ2v) is 11.0. The minimum atomic E-state index is -0.968. The summed E-state index contributed by atoms with van der Waals surface area (Å²) in [7, 11) is 0. The van der Waals surface area contributed by atoms with E-state index in [4.69, 9.17) is 23.8 Å². The number of epoxide rings is 2. The highest BCUT2D eigenvalue weighted by atomic mass is 16.6. The van der Waals surface area contributed by atoms with Crippen LogP contribution < -0.4 is 0 Å². The molecule has 0 aromatic heterocycles. The van der Waals surface area contributed by atoms with Crippen molar-refractivity contribution in [3.8, 4) is 0 Å². The number of hydrogen-bond acceptors (Lipinski definition) is 9. The number of fused-ring (bicyclic) bond motifs is 3. The van der Waals surface area contributed by atoms with Crippen molar-refractivity contribution in [2.45, 2.75) is 75.4 Å². The molecule has 9 rings (SSSR count). The monoisotopic (exact) mass is 493 g/mol. The Hall–Kier alpha value is -2.56. The molecule has 5 aliphatic heterocycles. The lowest BCUT2D eigenvalue weighted by molar-refractivity contribution is -0.187. The van der Waals surface area contributed by atoms with Crippen LogP contribution in [0.15, 0.2) is 58.5 Å². The molecule has 3 aliphatic carbocycles. The van der Waals surface area contributed by atoms with Gasteiger partial charge < -0.3 is 34.0 Å². The summed E-state index contributed by atoms with van der Waals surface area (Å²) in [5.41, 5.74) is 2.41. The van der Waals surface area contributed by atoms with Gasteiger partial charge in [-0.3, -0.25) is 4.79 Å². The lowest BCUT2D eigenvalue weighted by Gasteiger charge is -2.64. The van der Waals surface area contributed by atoms with Crippen molar-refractivity contribution in [1.82, 2.24) is 0 Å². The van der Waals surface area contributed by atoms with Crippen LogP contribution in [0.25, 0.3) is 0 Å². The van der Waals surface area contributed by atoms with Crippen molar-refractivity contribution in [2.24, 2.45) is 22.4 Å². The molecule has 3 saturated heterocycles. The molecule has 4 fully saturated rings. The van der Waals surface area contributed by atoms with E-state index in [0.717, 1.165) is 5.56 Å². The van der Waals surface area contributed by atoms with Gasteiger partial charge in [-0.05, 0) is 25.0 Å². The SMILES string of the molecule is C[C@@H]1O[C@@H]2C3=C(C(=O)[C@H]4O[C@@H]4[C@H]3O)C1[C@H]1[C@H](C)OC=C3[C@H](O)[C@H]4O[C@H]4/C(=N\OCc4ccccc4)[C@@]321. The van der Waals surface area contributed by atoms with Gasteiger partial charge in [-0.2, -0.15) is 0 Å². The van der Waals surface area contributed by atoms with E-state index >= 15 is 0 Å². The molecule has 1 saturated carbocycles. The summed E-state index contributed by atoms with van der Waals surface area (Å²) in [6, 6.07) is 9.75. The third kappa shape index (κ3) is 2.48. The van der Waals surface area contributed by atoms with Crippen LogP contribution in [0, 0.1) is 17.3 Å². The zero-order chi connectivity index (χ0) is 24.5. The Morgan fingerprint density at radius 1 is 1.00 bits per heavy atom. The van der Waals surface area contributed by atoms with E-state index in [-0.39, 0.29) is 36.4 Å². The van der Waals surface area contributed by atoms with Crippen molar-refractivity contribution in [2.75, 3.05) is 0 Å². The molecule has 12 atom stereocenters. The Bertz CT molecular complexity index is 1260. The summed E-state index contributed by atoms with van der Waals surface area (Å²) >= 11 is 0. The average Bonchev–Trinajstić information content (AvgIpc) is 3.79. The molecule has 9 heteroatoms. The Labute approximate surface area is 207 Å². The molecule has 2 bridgehead atoms. The summed E-state index contributed by atoms with van der Waals surface area (Å²) in [4.78, 5) is 19.3. The minimum Gasteiger partial charge on any atom is -0.498 e. The molecule has 2 N–H and O–H groups in total. The summed E-state index contributed by atoms with van der Waals surface area (Å²) in [6.07, 6.45) is -3.61. The first-order valence-electron chi connectivity index (χ1n) is 12.7. The van der Waals surface area contributed by atoms with E-state index in [0.29, 0.717) is 22.4 Å². The topological polar surface area (TPSA) is 123 Å². The molecule has 9 nitrogen and oxygen atoms in total. The zero-order valence-electron chi connectivity index (χ0n) is 19.8. The van der Waals surface area contributed by atoms with Gasteiger partial charge in [0.05, 0.1) is 30.0 Å². The van der Waals surface area contributed by atoms with Gasteiger partial charge in [-0.1, -0.05) is 35.5 Å². The third-order valence-corrected chi connectivity index (χ3v) is 9.27. The van der Waals surface area contributed by atoms with Crippen molar-refractivity contribution in [1.29, 1.82) is 0 Å². The maximum Gasteiger partial charge on any atom is 0.190 e. The number of aliphatic hydroxyl groups is 2. The Morgan fingerprint density at radius 3 is 2.56 bits per heavy atom. The Kier molecular flexibility index (Phi) is 4.21. The number of nitrogens with zero attached hydrogens (tertiary/aromatic N) is 1. The first-order valence-corrected chi connectivity index (χ1v) is 12.7. The minimum absolute atomic E-state index is 0.0701. The first-order chi connectivity index (χ1) is 17.4.